The van der Waals surface area contributed by atoms with Crippen LogP contribution in [0.5, 0.6) is 0 Å². The summed E-state index contributed by atoms with van der Waals surface area (Å²) in [5.41, 5.74) is -0.479. The van der Waals surface area contributed by atoms with Crippen LogP contribution in [0, 0.1) is 0 Å². The van der Waals surface area contributed by atoms with Crippen LogP contribution < -0.4 is 0 Å². The lowest BCUT2D eigenvalue weighted by molar-refractivity contribution is -0.920. The molecular weight excluding hydrogens is 276 g/mol. The van der Waals surface area contributed by atoms with Crippen molar-refractivity contribution in [1.29, 1.82) is 0 Å². The molecule has 1 aliphatic rings. The van der Waals surface area contributed by atoms with Crippen LogP contribution in [0.15, 0.2) is 0 Å². The SMILES string of the molecule is CCOC(=O)c1nnc2n1CC[N+](C(=O)O)(C(C)(C)C)C2. The van der Waals surface area contributed by atoms with Gasteiger partial charge in [-0.3, -0.25) is 4.57 Å². The van der Waals surface area contributed by atoms with Gasteiger partial charge in [-0.15, -0.1) is 10.2 Å². The molecule has 1 unspecified atom stereocenters. The fourth-order valence-corrected chi connectivity index (χ4v) is 2.65. The lowest BCUT2D eigenvalue weighted by atomic mass is 10.0. The maximum absolute atomic E-state index is 11.8. The summed E-state index contributed by atoms with van der Waals surface area (Å²) in [6, 6.07) is 0. The van der Waals surface area contributed by atoms with Crippen molar-refractivity contribution in [2.24, 2.45) is 0 Å². The van der Waals surface area contributed by atoms with E-state index < -0.39 is 17.6 Å². The average Bonchev–Trinajstić information content (AvgIpc) is 2.79. The molecule has 0 spiro atoms. The van der Waals surface area contributed by atoms with Gasteiger partial charge in [0.25, 0.3) is 0 Å². The summed E-state index contributed by atoms with van der Waals surface area (Å²) in [6.45, 7) is 8.59. The van der Waals surface area contributed by atoms with E-state index >= 15 is 0 Å². The van der Waals surface area contributed by atoms with E-state index in [0.717, 1.165) is 0 Å². The Kier molecular flexibility index (Phi) is 3.75. The first-order valence-electron chi connectivity index (χ1n) is 6.93. The summed E-state index contributed by atoms with van der Waals surface area (Å²) in [7, 11) is 0. The fourth-order valence-electron chi connectivity index (χ4n) is 2.65. The highest BCUT2D eigenvalue weighted by Gasteiger charge is 2.51. The maximum atomic E-state index is 11.8. The van der Waals surface area contributed by atoms with Crippen LogP contribution >= 0.6 is 0 Å². The van der Waals surface area contributed by atoms with Crippen LogP contribution in [-0.4, -0.2) is 55.1 Å². The second-order valence-corrected chi connectivity index (χ2v) is 6.11. The number of quaternary nitrogens is 1. The zero-order valence-electron chi connectivity index (χ0n) is 12.8. The minimum Gasteiger partial charge on any atom is -0.460 e. The number of hydrogen-bond acceptors (Lipinski definition) is 5. The summed E-state index contributed by atoms with van der Waals surface area (Å²) in [5, 5.41) is 17.5. The molecule has 1 atom stereocenters. The summed E-state index contributed by atoms with van der Waals surface area (Å²) in [4.78, 5) is 23.6. The first-order chi connectivity index (χ1) is 9.73. The van der Waals surface area contributed by atoms with Crippen molar-refractivity contribution in [2.75, 3.05) is 13.2 Å². The number of nitrogens with zero attached hydrogens (tertiary/aromatic N) is 4. The molecule has 1 aliphatic heterocycles. The Morgan fingerprint density at radius 3 is 2.57 bits per heavy atom. The van der Waals surface area contributed by atoms with Crippen molar-refractivity contribution in [1.82, 2.24) is 14.8 Å². The average molecular weight is 297 g/mol. The van der Waals surface area contributed by atoms with Crippen molar-refractivity contribution >= 4 is 12.1 Å². The Morgan fingerprint density at radius 1 is 1.38 bits per heavy atom. The van der Waals surface area contributed by atoms with E-state index in [9.17, 15) is 14.7 Å². The van der Waals surface area contributed by atoms with Gasteiger partial charge in [-0.05, 0) is 27.7 Å². The van der Waals surface area contributed by atoms with Crippen LogP contribution in [0.25, 0.3) is 0 Å². The summed E-state index contributed by atoms with van der Waals surface area (Å²) in [6.07, 6.45) is -0.894. The van der Waals surface area contributed by atoms with Crippen LogP contribution in [-0.2, 0) is 17.8 Å². The molecule has 1 amide bonds. The van der Waals surface area contributed by atoms with Gasteiger partial charge in [-0.2, -0.15) is 4.79 Å². The van der Waals surface area contributed by atoms with Crippen LogP contribution in [0.2, 0.25) is 0 Å². The molecule has 0 saturated carbocycles. The Morgan fingerprint density at radius 2 is 2.05 bits per heavy atom. The molecule has 21 heavy (non-hydrogen) atoms. The van der Waals surface area contributed by atoms with Gasteiger partial charge in [-0.1, -0.05) is 0 Å². The van der Waals surface area contributed by atoms with Gasteiger partial charge in [0.15, 0.2) is 5.82 Å². The largest absolute Gasteiger partial charge is 0.514 e. The number of rotatable bonds is 2. The molecule has 0 saturated heterocycles. The molecule has 0 aromatic carbocycles. The second kappa shape index (κ2) is 5.10. The smallest absolute Gasteiger partial charge is 0.460 e. The lowest BCUT2D eigenvalue weighted by Gasteiger charge is -2.45. The Bertz CT molecular complexity index is 575. The number of carbonyl (C=O) groups is 2. The predicted octanol–water partition coefficient (Wildman–Crippen LogP) is 1.26. The third kappa shape index (κ3) is 2.39. The molecule has 0 aliphatic carbocycles. The highest BCUT2D eigenvalue weighted by atomic mass is 16.5. The van der Waals surface area contributed by atoms with E-state index in [1.54, 1.807) is 11.5 Å². The number of fused-ring (bicyclic) bond motifs is 1. The monoisotopic (exact) mass is 297 g/mol. The number of ether oxygens (including phenoxy) is 1. The van der Waals surface area contributed by atoms with Crippen molar-refractivity contribution in [3.63, 3.8) is 0 Å². The molecule has 0 radical (unpaired) electrons. The first kappa shape index (κ1) is 15.4. The summed E-state index contributed by atoms with van der Waals surface area (Å²) < 4.78 is 6.46. The van der Waals surface area contributed by atoms with Gasteiger partial charge in [0.1, 0.15) is 18.6 Å². The lowest BCUT2D eigenvalue weighted by Crippen LogP contribution is -2.65. The number of carbonyl (C=O) groups excluding carboxylic acids is 1. The molecule has 1 aromatic heterocycles. The fraction of sp³-hybridized carbons (Fsp3) is 0.692. The number of aromatic nitrogens is 3. The van der Waals surface area contributed by atoms with Crippen LogP contribution in [0.1, 0.15) is 44.1 Å². The minimum absolute atomic E-state index is 0.131. The molecule has 116 valence electrons. The van der Waals surface area contributed by atoms with E-state index in [1.165, 1.54) is 0 Å². The zero-order chi connectivity index (χ0) is 15.8. The van der Waals surface area contributed by atoms with Crippen molar-refractivity contribution in [2.45, 2.75) is 46.3 Å². The van der Waals surface area contributed by atoms with E-state index in [2.05, 4.69) is 10.2 Å². The molecule has 8 nitrogen and oxygen atoms in total. The summed E-state index contributed by atoms with van der Waals surface area (Å²) >= 11 is 0. The molecule has 2 rings (SSSR count). The normalized spacial score (nSPS) is 21.7. The van der Waals surface area contributed by atoms with Crippen LogP contribution in [0.3, 0.4) is 0 Å². The standard InChI is InChI=1S/C13H20N4O4/c1-5-21-11(18)10-15-14-9-8-17(12(19)20,13(2,3)4)7-6-16(9)10/h5-8H2,1-4H3/p+1. The molecule has 0 bridgehead atoms. The number of carboxylic acid groups (broad SMARTS) is 1. The molecule has 1 N–H and O–H groups in total. The predicted molar refractivity (Wildman–Crippen MR) is 72.6 cm³/mol. The van der Waals surface area contributed by atoms with E-state index in [0.29, 0.717) is 18.9 Å². The Hall–Kier alpha value is -1.96. The minimum atomic E-state index is -0.894. The maximum Gasteiger partial charge on any atom is 0.514 e. The topological polar surface area (TPSA) is 94.3 Å². The number of amides is 1. The van der Waals surface area contributed by atoms with Gasteiger partial charge >= 0.3 is 12.1 Å². The third-order valence-corrected chi connectivity index (χ3v) is 4.05. The highest BCUT2D eigenvalue weighted by molar-refractivity contribution is 5.85. The Balaban J connectivity index is 2.38. The second-order valence-electron chi connectivity index (χ2n) is 6.11. The van der Waals surface area contributed by atoms with Crippen molar-refractivity contribution < 1.29 is 23.9 Å². The van der Waals surface area contributed by atoms with E-state index in [-0.39, 0.29) is 23.5 Å². The van der Waals surface area contributed by atoms with Gasteiger partial charge in [0.2, 0.25) is 5.82 Å². The van der Waals surface area contributed by atoms with Crippen molar-refractivity contribution in [3.8, 4) is 0 Å². The van der Waals surface area contributed by atoms with Gasteiger partial charge in [0, 0.05) is 0 Å². The zero-order valence-corrected chi connectivity index (χ0v) is 12.8. The van der Waals surface area contributed by atoms with Gasteiger partial charge < -0.3 is 9.84 Å². The molecule has 8 heteroatoms. The first-order valence-corrected chi connectivity index (χ1v) is 6.93. The molecule has 2 heterocycles. The van der Waals surface area contributed by atoms with E-state index in [1.807, 2.05) is 20.8 Å². The quantitative estimate of drug-likeness (QED) is 0.652. The highest BCUT2D eigenvalue weighted by Crippen LogP contribution is 2.31. The van der Waals surface area contributed by atoms with Crippen molar-refractivity contribution in [3.05, 3.63) is 11.6 Å². The molecule has 1 aromatic rings. The van der Waals surface area contributed by atoms with E-state index in [4.69, 9.17) is 4.74 Å². The number of hydrogen-bond donors (Lipinski definition) is 1. The third-order valence-electron chi connectivity index (χ3n) is 4.05. The van der Waals surface area contributed by atoms with Gasteiger partial charge in [0.05, 0.1) is 13.2 Å². The summed E-state index contributed by atoms with van der Waals surface area (Å²) in [5.74, 6) is 0.118. The Labute approximate surface area is 122 Å². The van der Waals surface area contributed by atoms with Gasteiger partial charge in [-0.25, -0.2) is 9.28 Å². The molecule has 0 fully saturated rings. The van der Waals surface area contributed by atoms with Crippen LogP contribution in [0.4, 0.5) is 4.79 Å². The molecular formula is C13H21N4O4+. The number of esters is 1.